The van der Waals surface area contributed by atoms with Gasteiger partial charge in [-0.3, -0.25) is 0 Å². The fourth-order valence-corrected chi connectivity index (χ4v) is 1.81. The molecule has 0 heterocycles. The number of phenolic OH excluding ortho intramolecular Hbond substituents is 1. The van der Waals surface area contributed by atoms with Crippen LogP contribution in [-0.2, 0) is 11.8 Å². The lowest BCUT2D eigenvalue weighted by molar-refractivity contribution is 0.194. The molecular weight excluding hydrogens is 216 g/mol. The molecule has 1 unspecified atom stereocenters. The zero-order chi connectivity index (χ0) is 13.2. The standard InChI is InChI=1S/C14H22O3/c1-9(15)6-10-7-11(14(2,3)4)8-12(16)13(10)17-5/h7-9,15-16H,6H2,1-5H3. The second kappa shape index (κ2) is 4.96. The van der Waals surface area contributed by atoms with Crippen LogP contribution in [0.25, 0.3) is 0 Å². The van der Waals surface area contributed by atoms with Crippen LogP contribution >= 0.6 is 0 Å². The summed E-state index contributed by atoms with van der Waals surface area (Å²) in [6.07, 6.45) is 0.0132. The third kappa shape index (κ3) is 3.37. The van der Waals surface area contributed by atoms with Crippen molar-refractivity contribution in [2.75, 3.05) is 7.11 Å². The van der Waals surface area contributed by atoms with Crippen LogP contribution in [0.5, 0.6) is 11.5 Å². The van der Waals surface area contributed by atoms with E-state index in [0.717, 1.165) is 11.1 Å². The normalized spacial score (nSPS) is 13.5. The molecular formula is C14H22O3. The summed E-state index contributed by atoms with van der Waals surface area (Å²) in [4.78, 5) is 0. The first kappa shape index (κ1) is 13.8. The molecule has 3 nitrogen and oxygen atoms in total. The highest BCUT2D eigenvalue weighted by molar-refractivity contribution is 5.50. The molecule has 0 aromatic heterocycles. The third-order valence-electron chi connectivity index (χ3n) is 2.73. The van der Waals surface area contributed by atoms with E-state index in [9.17, 15) is 10.2 Å². The number of rotatable bonds is 3. The Morgan fingerprint density at radius 2 is 1.88 bits per heavy atom. The predicted octanol–water partition coefficient (Wildman–Crippen LogP) is 2.62. The quantitative estimate of drug-likeness (QED) is 0.851. The Morgan fingerprint density at radius 3 is 2.29 bits per heavy atom. The Morgan fingerprint density at radius 1 is 1.29 bits per heavy atom. The average molecular weight is 238 g/mol. The maximum Gasteiger partial charge on any atom is 0.163 e. The summed E-state index contributed by atoms with van der Waals surface area (Å²) >= 11 is 0. The molecule has 0 bridgehead atoms. The number of benzene rings is 1. The number of hydrogen-bond donors (Lipinski definition) is 2. The highest BCUT2D eigenvalue weighted by atomic mass is 16.5. The monoisotopic (exact) mass is 238 g/mol. The molecule has 2 N–H and O–H groups in total. The number of hydrogen-bond acceptors (Lipinski definition) is 3. The molecule has 0 aliphatic heterocycles. The van der Waals surface area contributed by atoms with Crippen LogP contribution in [0.15, 0.2) is 12.1 Å². The first-order valence-electron chi connectivity index (χ1n) is 5.84. The van der Waals surface area contributed by atoms with Crippen LogP contribution in [0.3, 0.4) is 0 Å². The molecule has 1 atom stereocenters. The van der Waals surface area contributed by atoms with Crippen LogP contribution < -0.4 is 4.74 Å². The van der Waals surface area contributed by atoms with Crippen LogP contribution in [-0.4, -0.2) is 23.4 Å². The van der Waals surface area contributed by atoms with Crippen molar-refractivity contribution in [1.29, 1.82) is 0 Å². The van der Waals surface area contributed by atoms with Gasteiger partial charge in [0.25, 0.3) is 0 Å². The van der Waals surface area contributed by atoms with E-state index in [2.05, 4.69) is 20.8 Å². The summed E-state index contributed by atoms with van der Waals surface area (Å²) in [6.45, 7) is 7.97. The zero-order valence-electron chi connectivity index (χ0n) is 11.2. The van der Waals surface area contributed by atoms with E-state index in [1.165, 1.54) is 7.11 Å². The van der Waals surface area contributed by atoms with Crippen molar-refractivity contribution in [3.63, 3.8) is 0 Å². The smallest absolute Gasteiger partial charge is 0.163 e. The average Bonchev–Trinajstić information content (AvgIpc) is 2.14. The third-order valence-corrected chi connectivity index (χ3v) is 2.73. The van der Waals surface area contributed by atoms with Crippen LogP contribution in [0, 0.1) is 0 Å². The number of methoxy groups -OCH3 is 1. The van der Waals surface area contributed by atoms with Gasteiger partial charge in [0.15, 0.2) is 11.5 Å². The summed E-state index contributed by atoms with van der Waals surface area (Å²) < 4.78 is 5.18. The molecule has 1 aromatic rings. The number of ether oxygens (including phenoxy) is 1. The number of aliphatic hydroxyl groups is 1. The van der Waals surface area contributed by atoms with Gasteiger partial charge in [0.2, 0.25) is 0 Å². The molecule has 0 radical (unpaired) electrons. The fourth-order valence-electron chi connectivity index (χ4n) is 1.81. The van der Waals surface area contributed by atoms with Crippen molar-refractivity contribution >= 4 is 0 Å². The van der Waals surface area contributed by atoms with E-state index in [1.807, 2.05) is 6.07 Å². The zero-order valence-corrected chi connectivity index (χ0v) is 11.2. The maximum absolute atomic E-state index is 9.94. The summed E-state index contributed by atoms with van der Waals surface area (Å²) in [5.41, 5.74) is 1.83. The lowest BCUT2D eigenvalue weighted by Gasteiger charge is -2.22. The summed E-state index contributed by atoms with van der Waals surface area (Å²) in [6, 6.07) is 3.72. The van der Waals surface area contributed by atoms with E-state index in [4.69, 9.17) is 4.74 Å². The molecule has 96 valence electrons. The minimum Gasteiger partial charge on any atom is -0.504 e. The van der Waals surface area contributed by atoms with Gasteiger partial charge in [0.1, 0.15) is 0 Å². The molecule has 17 heavy (non-hydrogen) atoms. The van der Waals surface area contributed by atoms with Gasteiger partial charge in [-0.15, -0.1) is 0 Å². The molecule has 3 heteroatoms. The molecule has 0 saturated carbocycles. The van der Waals surface area contributed by atoms with Crippen molar-refractivity contribution in [2.24, 2.45) is 0 Å². The number of aromatic hydroxyl groups is 1. The van der Waals surface area contributed by atoms with Crippen LogP contribution in [0.1, 0.15) is 38.8 Å². The van der Waals surface area contributed by atoms with Gasteiger partial charge in [0.05, 0.1) is 13.2 Å². The summed E-state index contributed by atoms with van der Waals surface area (Å²) in [5.74, 6) is 0.592. The van der Waals surface area contributed by atoms with Gasteiger partial charge < -0.3 is 14.9 Å². The molecule has 0 saturated heterocycles. The lowest BCUT2D eigenvalue weighted by Crippen LogP contribution is -2.13. The van der Waals surface area contributed by atoms with E-state index in [0.29, 0.717) is 12.2 Å². The number of aliphatic hydroxyl groups excluding tert-OH is 1. The van der Waals surface area contributed by atoms with Gasteiger partial charge in [0, 0.05) is 12.0 Å². The molecule has 0 fully saturated rings. The van der Waals surface area contributed by atoms with Gasteiger partial charge in [-0.05, 0) is 24.0 Å². The molecule has 1 rings (SSSR count). The van der Waals surface area contributed by atoms with Gasteiger partial charge >= 0.3 is 0 Å². The van der Waals surface area contributed by atoms with Gasteiger partial charge in [-0.25, -0.2) is 0 Å². The second-order valence-corrected chi connectivity index (χ2v) is 5.49. The number of phenols is 1. The van der Waals surface area contributed by atoms with Gasteiger partial charge in [-0.2, -0.15) is 0 Å². The minimum absolute atomic E-state index is 0.0444. The van der Waals surface area contributed by atoms with Crippen molar-refractivity contribution < 1.29 is 14.9 Å². The van der Waals surface area contributed by atoms with E-state index < -0.39 is 6.10 Å². The predicted molar refractivity (Wildman–Crippen MR) is 68.7 cm³/mol. The Balaban J connectivity index is 3.28. The van der Waals surface area contributed by atoms with Crippen molar-refractivity contribution in [3.8, 4) is 11.5 Å². The topological polar surface area (TPSA) is 49.7 Å². The molecule has 0 spiro atoms. The highest BCUT2D eigenvalue weighted by Crippen LogP contribution is 2.36. The second-order valence-electron chi connectivity index (χ2n) is 5.49. The largest absolute Gasteiger partial charge is 0.504 e. The Hall–Kier alpha value is -1.22. The lowest BCUT2D eigenvalue weighted by atomic mass is 9.85. The SMILES string of the molecule is COc1c(O)cc(C(C)(C)C)cc1CC(C)O. The van der Waals surface area contributed by atoms with Crippen molar-refractivity contribution in [1.82, 2.24) is 0 Å². The molecule has 0 amide bonds. The van der Waals surface area contributed by atoms with Crippen molar-refractivity contribution in [3.05, 3.63) is 23.3 Å². The Kier molecular flexibility index (Phi) is 4.04. The van der Waals surface area contributed by atoms with E-state index in [1.54, 1.807) is 13.0 Å². The molecule has 1 aromatic carbocycles. The van der Waals surface area contributed by atoms with Crippen molar-refractivity contribution in [2.45, 2.75) is 45.6 Å². The first-order valence-corrected chi connectivity index (χ1v) is 5.84. The van der Waals surface area contributed by atoms with E-state index in [-0.39, 0.29) is 11.2 Å². The minimum atomic E-state index is -0.460. The first-order chi connectivity index (χ1) is 7.75. The van der Waals surface area contributed by atoms with Gasteiger partial charge in [-0.1, -0.05) is 26.8 Å². The summed E-state index contributed by atoms with van der Waals surface area (Å²) in [7, 11) is 1.53. The Bertz CT molecular complexity index is 389. The molecule has 0 aliphatic rings. The van der Waals surface area contributed by atoms with Crippen LogP contribution in [0.2, 0.25) is 0 Å². The maximum atomic E-state index is 9.94. The molecule has 0 aliphatic carbocycles. The van der Waals surface area contributed by atoms with E-state index >= 15 is 0 Å². The summed E-state index contributed by atoms with van der Waals surface area (Å²) in [5, 5.41) is 19.4. The fraction of sp³-hybridized carbons (Fsp3) is 0.571. The van der Waals surface area contributed by atoms with Crippen LogP contribution in [0.4, 0.5) is 0 Å². The Labute approximate surface area is 103 Å². The highest BCUT2D eigenvalue weighted by Gasteiger charge is 2.19.